The molecule has 1 unspecified atom stereocenters. The van der Waals surface area contributed by atoms with Crippen molar-refractivity contribution in [3.63, 3.8) is 0 Å². The first-order valence-corrected chi connectivity index (χ1v) is 5.79. The van der Waals surface area contributed by atoms with E-state index in [1.165, 1.54) is 14.2 Å². The number of hydrogen-bond acceptors (Lipinski definition) is 5. The maximum Gasteiger partial charge on any atom is 0.312 e. The Morgan fingerprint density at radius 3 is 2.47 bits per heavy atom. The van der Waals surface area contributed by atoms with Crippen LogP contribution in [0.15, 0.2) is 0 Å². The lowest BCUT2D eigenvalue weighted by Crippen LogP contribution is -2.39. The Morgan fingerprint density at radius 1 is 1.29 bits per heavy atom. The third kappa shape index (κ3) is 3.43. The molecule has 1 atom stereocenters. The second kappa shape index (κ2) is 5.49. The van der Waals surface area contributed by atoms with Gasteiger partial charge in [-0.3, -0.25) is 9.59 Å². The second-order valence-corrected chi connectivity index (χ2v) is 5.12. The molecule has 1 heterocycles. The summed E-state index contributed by atoms with van der Waals surface area (Å²) >= 11 is 0. The number of rotatable bonds is 4. The van der Waals surface area contributed by atoms with E-state index >= 15 is 0 Å². The third-order valence-electron chi connectivity index (χ3n) is 3.16. The summed E-state index contributed by atoms with van der Waals surface area (Å²) in [7, 11) is 2.80. The van der Waals surface area contributed by atoms with Gasteiger partial charge in [0.2, 0.25) is 0 Å². The Labute approximate surface area is 102 Å². The monoisotopic (exact) mass is 243 g/mol. The van der Waals surface area contributed by atoms with E-state index in [2.05, 4.69) is 4.90 Å². The number of carbonyl (C=O) groups is 2. The molecule has 0 amide bonds. The molecule has 0 N–H and O–H groups in total. The summed E-state index contributed by atoms with van der Waals surface area (Å²) in [5.74, 6) is -0.448. The van der Waals surface area contributed by atoms with E-state index in [4.69, 9.17) is 9.47 Å². The van der Waals surface area contributed by atoms with E-state index in [0.29, 0.717) is 13.1 Å². The van der Waals surface area contributed by atoms with Crippen LogP contribution in [0.5, 0.6) is 0 Å². The average Bonchev–Trinajstić information content (AvgIpc) is 2.74. The summed E-state index contributed by atoms with van der Waals surface area (Å²) in [5.41, 5.74) is -0.542. The van der Waals surface area contributed by atoms with E-state index in [1.54, 1.807) is 0 Å². The van der Waals surface area contributed by atoms with Gasteiger partial charge in [0.05, 0.1) is 25.6 Å². The van der Waals surface area contributed by atoms with Crippen LogP contribution in [0, 0.1) is 11.3 Å². The van der Waals surface area contributed by atoms with Crippen LogP contribution in [-0.2, 0) is 19.1 Å². The van der Waals surface area contributed by atoms with E-state index in [0.717, 1.165) is 13.0 Å². The number of methoxy groups -OCH3 is 2. The number of ether oxygens (including phenoxy) is 2. The van der Waals surface area contributed by atoms with Crippen LogP contribution >= 0.6 is 0 Å². The number of nitrogens with zero attached hydrogens (tertiary/aromatic N) is 1. The number of esters is 2. The average molecular weight is 243 g/mol. The fourth-order valence-electron chi connectivity index (χ4n) is 2.24. The van der Waals surface area contributed by atoms with Gasteiger partial charge in [0.1, 0.15) is 0 Å². The lowest BCUT2D eigenvalue weighted by atomic mass is 9.93. The predicted molar refractivity (Wildman–Crippen MR) is 62.4 cm³/mol. The zero-order valence-corrected chi connectivity index (χ0v) is 11.0. The molecule has 1 aliphatic rings. The number of carbonyl (C=O) groups excluding carboxylic acids is 2. The van der Waals surface area contributed by atoms with Crippen molar-refractivity contribution in [2.24, 2.45) is 11.3 Å². The zero-order valence-electron chi connectivity index (χ0n) is 11.0. The van der Waals surface area contributed by atoms with Crippen molar-refractivity contribution in [2.75, 3.05) is 33.9 Å². The second-order valence-electron chi connectivity index (χ2n) is 5.12. The van der Waals surface area contributed by atoms with Crippen LogP contribution in [0.1, 0.15) is 20.3 Å². The SMILES string of the molecule is COC(=O)C1CCN(CC(C)(C)C(=O)OC)C1. The summed E-state index contributed by atoms with van der Waals surface area (Å²) in [6.07, 6.45) is 0.796. The van der Waals surface area contributed by atoms with E-state index < -0.39 is 5.41 Å². The standard InChI is InChI=1S/C12H21NO4/c1-12(2,11(15)17-4)8-13-6-5-9(7-13)10(14)16-3/h9H,5-8H2,1-4H3. The van der Waals surface area contributed by atoms with Gasteiger partial charge in [-0.25, -0.2) is 0 Å². The molecule has 0 saturated carbocycles. The zero-order chi connectivity index (χ0) is 13.1. The molecule has 1 aliphatic heterocycles. The fourth-order valence-corrected chi connectivity index (χ4v) is 2.24. The van der Waals surface area contributed by atoms with Crippen molar-refractivity contribution in [3.05, 3.63) is 0 Å². The molecular formula is C12H21NO4. The van der Waals surface area contributed by atoms with Crippen molar-refractivity contribution in [3.8, 4) is 0 Å². The summed E-state index contributed by atoms with van der Waals surface area (Å²) in [5, 5.41) is 0. The summed E-state index contributed by atoms with van der Waals surface area (Å²) in [6.45, 7) is 5.79. The molecule has 98 valence electrons. The minimum Gasteiger partial charge on any atom is -0.469 e. The van der Waals surface area contributed by atoms with Gasteiger partial charge >= 0.3 is 11.9 Å². The van der Waals surface area contributed by atoms with Gasteiger partial charge in [-0.1, -0.05) is 0 Å². The van der Waals surface area contributed by atoms with Gasteiger partial charge in [0, 0.05) is 13.1 Å². The molecule has 17 heavy (non-hydrogen) atoms. The van der Waals surface area contributed by atoms with Gasteiger partial charge in [-0.15, -0.1) is 0 Å². The van der Waals surface area contributed by atoms with Crippen LogP contribution in [-0.4, -0.2) is 50.7 Å². The van der Waals surface area contributed by atoms with Crippen LogP contribution in [0.25, 0.3) is 0 Å². The highest BCUT2D eigenvalue weighted by molar-refractivity contribution is 5.76. The predicted octanol–water partition coefficient (Wildman–Crippen LogP) is 0.680. The summed E-state index contributed by atoms with van der Waals surface area (Å²) in [6, 6.07) is 0. The molecular weight excluding hydrogens is 222 g/mol. The Balaban J connectivity index is 2.50. The highest BCUT2D eigenvalue weighted by atomic mass is 16.5. The fraction of sp³-hybridized carbons (Fsp3) is 0.833. The summed E-state index contributed by atoms with van der Waals surface area (Å²) in [4.78, 5) is 25.0. The molecule has 0 aromatic rings. The lowest BCUT2D eigenvalue weighted by Gasteiger charge is -2.27. The Bertz CT molecular complexity index is 301. The highest BCUT2D eigenvalue weighted by Crippen LogP contribution is 2.24. The first kappa shape index (κ1) is 14.0. The van der Waals surface area contributed by atoms with Gasteiger partial charge in [0.15, 0.2) is 0 Å². The Morgan fingerprint density at radius 2 is 1.94 bits per heavy atom. The lowest BCUT2D eigenvalue weighted by molar-refractivity contribution is -0.151. The minimum atomic E-state index is -0.542. The van der Waals surface area contributed by atoms with Crippen LogP contribution in [0.4, 0.5) is 0 Å². The molecule has 0 spiro atoms. The number of hydrogen-bond donors (Lipinski definition) is 0. The molecule has 5 nitrogen and oxygen atoms in total. The van der Waals surface area contributed by atoms with Crippen LogP contribution in [0.3, 0.4) is 0 Å². The van der Waals surface area contributed by atoms with E-state index in [9.17, 15) is 9.59 Å². The molecule has 5 heteroatoms. The molecule has 0 bridgehead atoms. The third-order valence-corrected chi connectivity index (χ3v) is 3.16. The minimum absolute atomic E-state index is 0.0616. The normalized spacial score (nSPS) is 21.3. The van der Waals surface area contributed by atoms with Crippen molar-refractivity contribution in [2.45, 2.75) is 20.3 Å². The number of likely N-dealkylation sites (tertiary alicyclic amines) is 1. The topological polar surface area (TPSA) is 55.8 Å². The largest absolute Gasteiger partial charge is 0.469 e. The molecule has 0 aromatic heterocycles. The maximum absolute atomic E-state index is 11.6. The van der Waals surface area contributed by atoms with Gasteiger partial charge in [-0.05, 0) is 26.8 Å². The van der Waals surface area contributed by atoms with Gasteiger partial charge < -0.3 is 14.4 Å². The first-order valence-electron chi connectivity index (χ1n) is 5.79. The van der Waals surface area contributed by atoms with Gasteiger partial charge in [0.25, 0.3) is 0 Å². The maximum atomic E-state index is 11.6. The molecule has 0 aromatic carbocycles. The van der Waals surface area contributed by atoms with Crippen LogP contribution in [0.2, 0.25) is 0 Å². The first-order chi connectivity index (χ1) is 7.90. The van der Waals surface area contributed by atoms with E-state index in [1.807, 2.05) is 13.8 Å². The summed E-state index contributed by atoms with van der Waals surface area (Å²) < 4.78 is 9.49. The van der Waals surface area contributed by atoms with Crippen LogP contribution < -0.4 is 0 Å². The molecule has 1 rings (SSSR count). The van der Waals surface area contributed by atoms with Crippen molar-refractivity contribution >= 4 is 11.9 Å². The quantitative estimate of drug-likeness (QED) is 0.680. The molecule has 1 fully saturated rings. The van der Waals surface area contributed by atoms with Crippen molar-refractivity contribution in [1.29, 1.82) is 0 Å². The highest BCUT2D eigenvalue weighted by Gasteiger charge is 2.36. The van der Waals surface area contributed by atoms with E-state index in [-0.39, 0.29) is 17.9 Å². The Kier molecular flexibility index (Phi) is 4.51. The molecule has 0 aliphatic carbocycles. The smallest absolute Gasteiger partial charge is 0.312 e. The Hall–Kier alpha value is -1.10. The van der Waals surface area contributed by atoms with Gasteiger partial charge in [-0.2, -0.15) is 0 Å². The molecule has 0 radical (unpaired) electrons. The van der Waals surface area contributed by atoms with Crippen molar-refractivity contribution < 1.29 is 19.1 Å². The van der Waals surface area contributed by atoms with Crippen molar-refractivity contribution in [1.82, 2.24) is 4.90 Å². The molecule has 1 saturated heterocycles.